The molecule has 0 saturated heterocycles. The molecule has 4 heterocycles. The van der Waals surface area contributed by atoms with Crippen molar-refractivity contribution in [1.29, 1.82) is 0 Å². The number of halogens is 4. The number of nitrogens with one attached hydrogen (secondary N) is 2. The molecule has 2 aromatic heterocycles. The molecular weight excluding hydrogens is 561 g/mol. The van der Waals surface area contributed by atoms with Crippen LogP contribution in [0.1, 0.15) is 11.4 Å². The van der Waals surface area contributed by atoms with Crippen molar-refractivity contribution in [3.05, 3.63) is 82.1 Å². The lowest BCUT2D eigenvalue weighted by Gasteiger charge is -2.09. The zero-order valence-corrected chi connectivity index (χ0v) is 22.1. The number of thioether (sulfide) groups is 1. The number of rotatable bonds is 4. The average molecular weight is 579 g/mol. The first-order chi connectivity index (χ1) is 17.9. The lowest BCUT2D eigenvalue weighted by Crippen LogP contribution is -2.02. The van der Waals surface area contributed by atoms with Crippen LogP contribution in [0.5, 0.6) is 0 Å². The zero-order chi connectivity index (χ0) is 25.9. The van der Waals surface area contributed by atoms with Crippen LogP contribution in [0.4, 0.5) is 31.8 Å². The molecule has 0 fully saturated rings. The molecular formula is C24H18Cl2F2N6OS2. The van der Waals surface area contributed by atoms with Crippen LogP contribution < -0.4 is 10.6 Å². The van der Waals surface area contributed by atoms with Gasteiger partial charge < -0.3 is 10.6 Å². The Balaban J connectivity index is 0.000000152. The zero-order valence-electron chi connectivity index (χ0n) is 19.0. The van der Waals surface area contributed by atoms with Gasteiger partial charge in [0.1, 0.15) is 22.3 Å². The molecule has 13 heteroatoms. The molecule has 2 aliphatic heterocycles. The Morgan fingerprint density at radius 1 is 0.811 bits per heavy atom. The van der Waals surface area contributed by atoms with Crippen molar-refractivity contribution in [2.45, 2.75) is 22.6 Å². The van der Waals surface area contributed by atoms with Crippen LogP contribution in [0.2, 0.25) is 10.6 Å². The van der Waals surface area contributed by atoms with Crippen LogP contribution in [-0.4, -0.2) is 35.7 Å². The summed E-state index contributed by atoms with van der Waals surface area (Å²) in [7, 11) is -1.14. The van der Waals surface area contributed by atoms with E-state index in [0.717, 1.165) is 22.8 Å². The maximum Gasteiger partial charge on any atom is 0.224 e. The fourth-order valence-electron chi connectivity index (χ4n) is 3.78. The first kappa shape index (κ1) is 25.8. The van der Waals surface area contributed by atoms with E-state index < -0.39 is 10.8 Å². The van der Waals surface area contributed by atoms with Gasteiger partial charge in [-0.2, -0.15) is 9.97 Å². The lowest BCUT2D eigenvalue weighted by molar-refractivity contribution is 0.628. The molecule has 1 atom stereocenters. The predicted molar refractivity (Wildman–Crippen MR) is 143 cm³/mol. The summed E-state index contributed by atoms with van der Waals surface area (Å²) in [5, 5.41) is 6.35. The minimum absolute atomic E-state index is 0.0940. The Hall–Kier alpha value is -2.86. The highest BCUT2D eigenvalue weighted by atomic mass is 35.5. The maximum absolute atomic E-state index is 13.1. The second-order valence-corrected chi connectivity index (χ2v) is 11.2. The highest BCUT2D eigenvalue weighted by Gasteiger charge is 2.25. The van der Waals surface area contributed by atoms with Crippen molar-refractivity contribution in [2.24, 2.45) is 0 Å². The molecule has 2 aromatic carbocycles. The Bertz CT molecular complexity index is 1510. The highest BCUT2D eigenvalue weighted by molar-refractivity contribution is 7.99. The molecule has 0 amide bonds. The van der Waals surface area contributed by atoms with E-state index in [1.807, 2.05) is 0 Å². The van der Waals surface area contributed by atoms with E-state index in [1.54, 1.807) is 36.0 Å². The van der Waals surface area contributed by atoms with Gasteiger partial charge in [-0.05, 0) is 59.6 Å². The van der Waals surface area contributed by atoms with Gasteiger partial charge in [0.2, 0.25) is 10.6 Å². The van der Waals surface area contributed by atoms with E-state index >= 15 is 0 Å². The number of fused-ring (bicyclic) bond motifs is 2. The third-order valence-corrected chi connectivity index (χ3v) is 8.25. The number of nitrogens with zero attached hydrogens (tertiary/aromatic N) is 4. The van der Waals surface area contributed by atoms with E-state index in [1.165, 1.54) is 24.3 Å². The number of aromatic nitrogens is 4. The van der Waals surface area contributed by atoms with Crippen LogP contribution in [0.3, 0.4) is 0 Å². The molecule has 190 valence electrons. The van der Waals surface area contributed by atoms with Crippen LogP contribution in [0.25, 0.3) is 0 Å². The van der Waals surface area contributed by atoms with Gasteiger partial charge in [0.05, 0.1) is 27.1 Å². The first-order valence-corrected chi connectivity index (χ1v) is 14.1. The second-order valence-electron chi connectivity index (χ2n) is 7.90. The molecule has 2 N–H and O–H groups in total. The van der Waals surface area contributed by atoms with Gasteiger partial charge in [0.15, 0.2) is 5.82 Å². The fourth-order valence-corrected chi connectivity index (χ4v) is 6.51. The van der Waals surface area contributed by atoms with Crippen LogP contribution in [0.15, 0.2) is 58.3 Å². The number of hydrogen-bond acceptors (Lipinski definition) is 8. The summed E-state index contributed by atoms with van der Waals surface area (Å²) in [6.07, 6.45) is 1.50. The molecule has 0 bridgehead atoms. The van der Waals surface area contributed by atoms with Crippen molar-refractivity contribution in [3.8, 4) is 0 Å². The minimum atomic E-state index is -1.14. The Morgan fingerprint density at radius 2 is 1.41 bits per heavy atom. The third kappa shape index (κ3) is 6.18. The van der Waals surface area contributed by atoms with Crippen LogP contribution >= 0.6 is 35.0 Å². The molecule has 0 aliphatic carbocycles. The summed E-state index contributed by atoms with van der Waals surface area (Å²) in [6, 6.07) is 12.2. The molecule has 4 aromatic rings. The maximum atomic E-state index is 13.1. The van der Waals surface area contributed by atoms with Crippen molar-refractivity contribution in [2.75, 3.05) is 22.1 Å². The normalized spacial score (nSPS) is 15.4. The van der Waals surface area contributed by atoms with Gasteiger partial charge in [0, 0.05) is 35.7 Å². The monoisotopic (exact) mass is 578 g/mol. The number of hydrogen-bond donors (Lipinski definition) is 2. The molecule has 0 radical (unpaired) electrons. The van der Waals surface area contributed by atoms with E-state index in [2.05, 4.69) is 30.6 Å². The van der Waals surface area contributed by atoms with Gasteiger partial charge in [-0.1, -0.05) is 12.1 Å². The van der Waals surface area contributed by atoms with Crippen molar-refractivity contribution in [3.63, 3.8) is 0 Å². The van der Waals surface area contributed by atoms with E-state index in [9.17, 15) is 13.0 Å². The summed E-state index contributed by atoms with van der Waals surface area (Å²) in [5.41, 5.74) is 2.83. The largest absolute Gasteiger partial charge is 0.339 e. The average Bonchev–Trinajstić information content (AvgIpc) is 3.46. The first-order valence-electron chi connectivity index (χ1n) is 11.0. The van der Waals surface area contributed by atoms with E-state index in [-0.39, 0.29) is 22.2 Å². The third-order valence-electron chi connectivity index (χ3n) is 5.33. The molecule has 37 heavy (non-hydrogen) atoms. The predicted octanol–water partition coefficient (Wildman–Crippen LogP) is 6.34. The van der Waals surface area contributed by atoms with Gasteiger partial charge in [-0.15, -0.1) is 11.8 Å². The summed E-state index contributed by atoms with van der Waals surface area (Å²) >= 11 is 13.4. The lowest BCUT2D eigenvalue weighted by atomic mass is 10.3. The van der Waals surface area contributed by atoms with E-state index in [4.69, 9.17) is 23.2 Å². The smallest absolute Gasteiger partial charge is 0.224 e. The van der Waals surface area contributed by atoms with Crippen LogP contribution in [-0.2, 0) is 23.6 Å². The Labute approximate surface area is 227 Å². The summed E-state index contributed by atoms with van der Waals surface area (Å²) in [5.74, 6) is 1.88. The fraction of sp³-hybridized carbons (Fsp3) is 0.167. The second kappa shape index (κ2) is 11.3. The van der Waals surface area contributed by atoms with Crippen molar-refractivity contribution in [1.82, 2.24) is 19.9 Å². The highest BCUT2D eigenvalue weighted by Crippen LogP contribution is 2.37. The van der Waals surface area contributed by atoms with Gasteiger partial charge in [-0.25, -0.2) is 18.7 Å². The molecule has 0 spiro atoms. The standard InChI is InChI=1S/C12H9ClFN3OS.C12H9ClFN3S/c13-12-16-9-4-5-19(18)10(9)11(17-12)15-8-3-1-2-7(14)6-8;13-12-16-9-4-5-18-10(9)11(17-12)15-8-3-1-2-7(14)6-8/h1-3,6H,4-5H2,(H,15,16,17);1-3,6H,4-5H2,(H,15,16,17). The number of benzene rings is 2. The minimum Gasteiger partial charge on any atom is -0.339 e. The molecule has 1 unspecified atom stereocenters. The number of anilines is 4. The molecule has 2 aliphatic rings. The van der Waals surface area contributed by atoms with Crippen LogP contribution in [0, 0.1) is 11.6 Å². The van der Waals surface area contributed by atoms with Gasteiger partial charge in [0.25, 0.3) is 0 Å². The quantitative estimate of drug-likeness (QED) is 0.271. The Kier molecular flexibility index (Phi) is 7.84. The Morgan fingerprint density at radius 3 is 2.05 bits per heavy atom. The molecule has 7 nitrogen and oxygen atoms in total. The van der Waals surface area contributed by atoms with Gasteiger partial charge in [-0.3, -0.25) is 4.21 Å². The summed E-state index contributed by atoms with van der Waals surface area (Å²) < 4.78 is 38.2. The van der Waals surface area contributed by atoms with Crippen molar-refractivity contribution >= 4 is 68.8 Å². The van der Waals surface area contributed by atoms with Crippen molar-refractivity contribution < 1.29 is 13.0 Å². The summed E-state index contributed by atoms with van der Waals surface area (Å²) in [6.45, 7) is 0. The van der Waals surface area contributed by atoms with E-state index in [0.29, 0.717) is 45.8 Å². The van der Waals surface area contributed by atoms with Gasteiger partial charge >= 0.3 is 0 Å². The SMILES string of the molecule is Fc1cccc(Nc2nc(Cl)nc3c2SCC3)c1.O=S1CCc2nc(Cl)nc(Nc3cccc(F)c3)c21. The topological polar surface area (TPSA) is 92.7 Å². The summed E-state index contributed by atoms with van der Waals surface area (Å²) in [4.78, 5) is 18.0. The number of aryl methyl sites for hydroxylation is 2. The molecule has 0 saturated carbocycles. The molecule has 6 rings (SSSR count).